The number of hydrogen-bond donors (Lipinski definition) is 3. The maximum atomic E-state index is 9.58. The monoisotopic (exact) mass is 147 g/mol. The Balaban J connectivity index is 2.32. The summed E-state index contributed by atoms with van der Waals surface area (Å²) < 4.78 is 0. The second kappa shape index (κ2) is 2.90. The lowest BCUT2D eigenvalue weighted by Crippen LogP contribution is -2.31. The van der Waals surface area contributed by atoms with Crippen LogP contribution in [0.25, 0.3) is 0 Å². The van der Waals surface area contributed by atoms with E-state index in [1.807, 2.05) is 0 Å². The fourth-order valence-corrected chi connectivity index (χ4v) is 1.57. The van der Waals surface area contributed by atoms with E-state index < -0.39 is 5.60 Å². The average Bonchev–Trinajstić information content (AvgIpc) is 2.16. The summed E-state index contributed by atoms with van der Waals surface area (Å²) in [5.74, 6) is 0.776. The van der Waals surface area contributed by atoms with Crippen LogP contribution in [0.4, 0.5) is 0 Å². The molecule has 1 fully saturated rings. The summed E-state index contributed by atoms with van der Waals surface area (Å²) in [6.45, 7) is 1.69. The van der Waals surface area contributed by atoms with E-state index >= 15 is 0 Å². The number of β-amino-alcohol motifs (C(OH)–C–C–N with tert-alkyl or cyclic N) is 1. The van der Waals surface area contributed by atoms with Crippen molar-refractivity contribution in [2.75, 3.05) is 18.8 Å². The van der Waals surface area contributed by atoms with Crippen LogP contribution in [-0.4, -0.2) is 29.5 Å². The molecule has 1 heterocycles. The van der Waals surface area contributed by atoms with Crippen LogP contribution in [0.1, 0.15) is 12.8 Å². The highest BCUT2D eigenvalue weighted by Gasteiger charge is 2.29. The minimum absolute atomic E-state index is 0.443. The van der Waals surface area contributed by atoms with Crippen molar-refractivity contribution in [3.63, 3.8) is 0 Å². The summed E-state index contributed by atoms with van der Waals surface area (Å²) in [6, 6.07) is 0. The van der Waals surface area contributed by atoms with E-state index in [-0.39, 0.29) is 0 Å². The summed E-state index contributed by atoms with van der Waals surface area (Å²) in [4.78, 5) is 0. The highest BCUT2D eigenvalue weighted by Crippen LogP contribution is 2.18. The van der Waals surface area contributed by atoms with Gasteiger partial charge in [0.2, 0.25) is 0 Å². The molecular formula is C6H13NOS. The van der Waals surface area contributed by atoms with Crippen LogP contribution in [0, 0.1) is 0 Å². The van der Waals surface area contributed by atoms with Crippen molar-refractivity contribution in [3.05, 3.63) is 0 Å². The van der Waals surface area contributed by atoms with Crippen LogP contribution in [0.15, 0.2) is 0 Å². The highest BCUT2D eigenvalue weighted by atomic mass is 32.1. The molecule has 1 atom stereocenters. The van der Waals surface area contributed by atoms with E-state index in [4.69, 9.17) is 0 Å². The van der Waals surface area contributed by atoms with Crippen molar-refractivity contribution in [2.24, 2.45) is 0 Å². The molecule has 0 bridgehead atoms. The predicted molar refractivity (Wildman–Crippen MR) is 40.9 cm³/mol. The molecule has 1 unspecified atom stereocenters. The largest absolute Gasteiger partial charge is 0.388 e. The van der Waals surface area contributed by atoms with Crippen LogP contribution >= 0.6 is 12.6 Å². The molecule has 0 aromatic heterocycles. The van der Waals surface area contributed by atoms with Gasteiger partial charge in [-0.25, -0.2) is 0 Å². The van der Waals surface area contributed by atoms with Crippen molar-refractivity contribution >= 4 is 12.6 Å². The molecule has 0 amide bonds. The van der Waals surface area contributed by atoms with Gasteiger partial charge in [-0.1, -0.05) is 0 Å². The third kappa shape index (κ3) is 1.85. The molecular weight excluding hydrogens is 134 g/mol. The molecule has 3 heteroatoms. The first-order chi connectivity index (χ1) is 4.27. The molecule has 2 N–H and O–H groups in total. The zero-order valence-electron chi connectivity index (χ0n) is 5.43. The van der Waals surface area contributed by atoms with Gasteiger partial charge in [0.05, 0.1) is 5.60 Å². The Morgan fingerprint density at radius 1 is 1.67 bits per heavy atom. The van der Waals surface area contributed by atoms with Crippen LogP contribution in [0.5, 0.6) is 0 Å². The molecule has 54 valence electrons. The molecule has 1 rings (SSSR count). The van der Waals surface area contributed by atoms with E-state index in [0.29, 0.717) is 0 Å². The van der Waals surface area contributed by atoms with Gasteiger partial charge in [-0.2, -0.15) is 12.6 Å². The maximum absolute atomic E-state index is 9.58. The molecule has 0 saturated carbocycles. The highest BCUT2D eigenvalue weighted by molar-refractivity contribution is 7.80. The van der Waals surface area contributed by atoms with Gasteiger partial charge >= 0.3 is 0 Å². The molecule has 1 aliphatic rings. The van der Waals surface area contributed by atoms with Crippen LogP contribution in [0.3, 0.4) is 0 Å². The smallest absolute Gasteiger partial charge is 0.0791 e. The number of hydrogen-bond acceptors (Lipinski definition) is 3. The van der Waals surface area contributed by atoms with Crippen molar-refractivity contribution in [2.45, 2.75) is 18.4 Å². The van der Waals surface area contributed by atoms with Crippen LogP contribution < -0.4 is 5.32 Å². The average molecular weight is 147 g/mol. The lowest BCUT2D eigenvalue weighted by atomic mass is 10.0. The third-order valence-corrected chi connectivity index (χ3v) is 2.02. The molecule has 0 aromatic rings. The minimum atomic E-state index is -0.443. The minimum Gasteiger partial charge on any atom is -0.388 e. The molecule has 9 heavy (non-hydrogen) atoms. The Kier molecular flexibility index (Phi) is 2.38. The van der Waals surface area contributed by atoms with E-state index in [2.05, 4.69) is 17.9 Å². The van der Waals surface area contributed by atoms with E-state index in [9.17, 15) is 5.11 Å². The van der Waals surface area contributed by atoms with E-state index in [1.165, 1.54) is 0 Å². The van der Waals surface area contributed by atoms with Gasteiger partial charge in [0.1, 0.15) is 0 Å². The van der Waals surface area contributed by atoms with Crippen molar-refractivity contribution in [1.82, 2.24) is 5.32 Å². The summed E-state index contributed by atoms with van der Waals surface area (Å²) in [7, 11) is 0. The van der Waals surface area contributed by atoms with Crippen molar-refractivity contribution in [3.8, 4) is 0 Å². The van der Waals surface area contributed by atoms with Crippen molar-refractivity contribution in [1.29, 1.82) is 0 Å². The van der Waals surface area contributed by atoms with E-state index in [1.54, 1.807) is 0 Å². The molecule has 0 aliphatic carbocycles. The first-order valence-electron chi connectivity index (χ1n) is 3.31. The lowest BCUT2D eigenvalue weighted by Gasteiger charge is -2.19. The number of rotatable bonds is 2. The molecule has 0 aromatic carbocycles. The molecule has 1 saturated heterocycles. The van der Waals surface area contributed by atoms with Gasteiger partial charge in [-0.15, -0.1) is 0 Å². The quantitative estimate of drug-likeness (QED) is 0.482. The molecule has 0 spiro atoms. The van der Waals surface area contributed by atoms with Crippen molar-refractivity contribution < 1.29 is 5.11 Å². The zero-order valence-corrected chi connectivity index (χ0v) is 6.32. The van der Waals surface area contributed by atoms with Gasteiger partial charge in [0, 0.05) is 6.54 Å². The van der Waals surface area contributed by atoms with Gasteiger partial charge in [0.25, 0.3) is 0 Å². The first kappa shape index (κ1) is 7.38. The van der Waals surface area contributed by atoms with Gasteiger partial charge in [0.15, 0.2) is 0 Å². The Hall–Kier alpha value is 0.270. The molecule has 1 aliphatic heterocycles. The number of aliphatic hydroxyl groups is 1. The summed E-state index contributed by atoms with van der Waals surface area (Å²) in [5, 5.41) is 12.7. The molecule has 2 nitrogen and oxygen atoms in total. The number of thiol groups is 1. The SMILES string of the molecule is OC1(CCS)CCNC1. The Morgan fingerprint density at radius 3 is 2.89 bits per heavy atom. The Bertz CT molecular complexity index is 91.1. The van der Waals surface area contributed by atoms with Gasteiger partial charge in [-0.3, -0.25) is 0 Å². The van der Waals surface area contributed by atoms with Gasteiger partial charge in [-0.05, 0) is 25.1 Å². The zero-order chi connectivity index (χ0) is 6.74. The van der Waals surface area contributed by atoms with Crippen LogP contribution in [-0.2, 0) is 0 Å². The Morgan fingerprint density at radius 2 is 2.44 bits per heavy atom. The van der Waals surface area contributed by atoms with Crippen LogP contribution in [0.2, 0.25) is 0 Å². The molecule has 0 radical (unpaired) electrons. The second-order valence-corrected chi connectivity index (χ2v) is 3.07. The fourth-order valence-electron chi connectivity index (χ4n) is 1.15. The summed E-state index contributed by atoms with van der Waals surface area (Å²) in [5.41, 5.74) is -0.443. The Labute approximate surface area is 61.1 Å². The topological polar surface area (TPSA) is 32.3 Å². The predicted octanol–water partition coefficient (Wildman–Crippen LogP) is 0.0307. The summed E-state index contributed by atoms with van der Waals surface area (Å²) in [6.07, 6.45) is 1.69. The maximum Gasteiger partial charge on any atom is 0.0791 e. The lowest BCUT2D eigenvalue weighted by molar-refractivity contribution is 0.0588. The normalized spacial score (nSPS) is 35.3. The third-order valence-electron chi connectivity index (χ3n) is 1.80. The van der Waals surface area contributed by atoms with Gasteiger partial charge < -0.3 is 10.4 Å². The standard InChI is InChI=1S/C6H13NOS/c8-6(2-4-9)1-3-7-5-6/h7-9H,1-5H2. The number of nitrogens with one attached hydrogen (secondary N) is 1. The van der Waals surface area contributed by atoms with E-state index in [0.717, 1.165) is 31.7 Å². The fraction of sp³-hybridized carbons (Fsp3) is 1.00. The first-order valence-corrected chi connectivity index (χ1v) is 3.94. The summed E-state index contributed by atoms with van der Waals surface area (Å²) >= 11 is 4.06. The second-order valence-electron chi connectivity index (χ2n) is 2.62.